The molecule has 2 unspecified atom stereocenters. The molecule has 0 aliphatic heterocycles. The largest absolute Gasteiger partial charge is 0.379 e. The van der Waals surface area contributed by atoms with Crippen LogP contribution < -0.4 is 5.32 Å². The number of methoxy groups -OCH3 is 1. The molecule has 0 saturated heterocycles. The zero-order valence-corrected chi connectivity index (χ0v) is 11.5. The Morgan fingerprint density at radius 2 is 2.16 bits per heavy atom. The Morgan fingerprint density at radius 1 is 1.32 bits per heavy atom. The van der Waals surface area contributed by atoms with Crippen molar-refractivity contribution >= 4 is 10.8 Å². The van der Waals surface area contributed by atoms with Gasteiger partial charge >= 0.3 is 0 Å². The maximum absolute atomic E-state index is 5.75. The molecule has 3 nitrogen and oxygen atoms in total. The molecule has 1 aliphatic carbocycles. The minimum absolute atomic E-state index is 0.227. The third-order valence-electron chi connectivity index (χ3n) is 4.05. The summed E-state index contributed by atoms with van der Waals surface area (Å²) in [5.41, 5.74) is 1.28. The number of rotatable bonds is 5. The molecule has 3 rings (SSSR count). The summed E-state index contributed by atoms with van der Waals surface area (Å²) >= 11 is 0. The van der Waals surface area contributed by atoms with Crippen molar-refractivity contribution in [1.29, 1.82) is 0 Å². The van der Waals surface area contributed by atoms with Crippen molar-refractivity contribution in [2.24, 2.45) is 5.92 Å². The molecule has 0 spiro atoms. The van der Waals surface area contributed by atoms with E-state index in [4.69, 9.17) is 4.74 Å². The molecule has 1 fully saturated rings. The van der Waals surface area contributed by atoms with E-state index in [2.05, 4.69) is 34.6 Å². The summed E-state index contributed by atoms with van der Waals surface area (Å²) in [6.07, 6.45) is 6.60. The van der Waals surface area contributed by atoms with Crippen LogP contribution in [-0.4, -0.2) is 25.2 Å². The minimum Gasteiger partial charge on any atom is -0.379 e. The second kappa shape index (κ2) is 5.27. The van der Waals surface area contributed by atoms with Gasteiger partial charge in [-0.2, -0.15) is 0 Å². The Kier molecular flexibility index (Phi) is 3.49. The van der Waals surface area contributed by atoms with Crippen molar-refractivity contribution in [3.63, 3.8) is 0 Å². The van der Waals surface area contributed by atoms with Gasteiger partial charge in [0, 0.05) is 24.9 Å². The molecule has 19 heavy (non-hydrogen) atoms. The molecule has 1 aromatic carbocycles. The fourth-order valence-corrected chi connectivity index (χ4v) is 2.93. The summed E-state index contributed by atoms with van der Waals surface area (Å²) in [5, 5.41) is 5.88. The fourth-order valence-electron chi connectivity index (χ4n) is 2.93. The number of aromatic nitrogens is 1. The molecule has 2 aromatic rings. The first kappa shape index (κ1) is 12.6. The van der Waals surface area contributed by atoms with Crippen LogP contribution in [0.4, 0.5) is 0 Å². The van der Waals surface area contributed by atoms with Gasteiger partial charge in [0.1, 0.15) is 0 Å². The third-order valence-corrected chi connectivity index (χ3v) is 4.05. The SMILES string of the molecule is CNC(c1cccc2ccncc12)C(OC)C1CC1. The molecule has 0 amide bonds. The van der Waals surface area contributed by atoms with Gasteiger partial charge in [0.15, 0.2) is 0 Å². The van der Waals surface area contributed by atoms with Crippen molar-refractivity contribution in [3.05, 3.63) is 42.2 Å². The highest BCUT2D eigenvalue weighted by Gasteiger charge is 2.37. The molecule has 0 bridgehead atoms. The Balaban J connectivity index is 2.05. The average molecular weight is 256 g/mol. The van der Waals surface area contributed by atoms with Crippen LogP contribution in [0.3, 0.4) is 0 Å². The Labute approximate surface area is 114 Å². The van der Waals surface area contributed by atoms with Crippen LogP contribution in [0.15, 0.2) is 36.7 Å². The van der Waals surface area contributed by atoms with Crippen LogP contribution in [0.2, 0.25) is 0 Å². The first-order valence-corrected chi connectivity index (χ1v) is 6.88. The van der Waals surface area contributed by atoms with E-state index in [1.54, 1.807) is 0 Å². The third kappa shape index (κ3) is 2.36. The molecular weight excluding hydrogens is 236 g/mol. The molecular formula is C16H20N2O. The summed E-state index contributed by atoms with van der Waals surface area (Å²) in [6, 6.07) is 8.71. The van der Waals surface area contributed by atoms with Crippen LogP contribution in [0, 0.1) is 5.92 Å². The first-order chi connectivity index (χ1) is 9.35. The van der Waals surface area contributed by atoms with Crippen molar-refractivity contribution in [2.45, 2.75) is 25.0 Å². The van der Waals surface area contributed by atoms with E-state index in [9.17, 15) is 0 Å². The maximum atomic E-state index is 5.75. The molecule has 1 aliphatic rings. The molecule has 2 atom stereocenters. The van der Waals surface area contributed by atoms with Crippen LogP contribution >= 0.6 is 0 Å². The van der Waals surface area contributed by atoms with Gasteiger partial charge in [-0.3, -0.25) is 4.98 Å². The number of pyridine rings is 1. The number of hydrogen-bond acceptors (Lipinski definition) is 3. The van der Waals surface area contributed by atoms with Gasteiger partial charge in [-0.1, -0.05) is 18.2 Å². The average Bonchev–Trinajstić information content (AvgIpc) is 3.29. The van der Waals surface area contributed by atoms with Gasteiger partial charge in [-0.25, -0.2) is 0 Å². The van der Waals surface area contributed by atoms with E-state index in [1.165, 1.54) is 29.2 Å². The van der Waals surface area contributed by atoms with Gasteiger partial charge < -0.3 is 10.1 Å². The van der Waals surface area contributed by atoms with Crippen LogP contribution in [0.5, 0.6) is 0 Å². The molecule has 100 valence electrons. The molecule has 1 heterocycles. The predicted molar refractivity (Wildman–Crippen MR) is 77.1 cm³/mol. The molecule has 1 N–H and O–H groups in total. The highest BCUT2D eigenvalue weighted by Crippen LogP contribution is 2.40. The van der Waals surface area contributed by atoms with Crippen molar-refractivity contribution < 1.29 is 4.74 Å². The van der Waals surface area contributed by atoms with Gasteiger partial charge in [-0.05, 0) is 42.8 Å². The number of benzene rings is 1. The summed E-state index contributed by atoms with van der Waals surface area (Å²) in [7, 11) is 3.82. The Bertz CT molecular complexity index is 560. The molecule has 0 radical (unpaired) electrons. The highest BCUT2D eigenvalue weighted by atomic mass is 16.5. The van der Waals surface area contributed by atoms with Gasteiger partial charge in [0.2, 0.25) is 0 Å². The molecule has 1 saturated carbocycles. The van der Waals surface area contributed by atoms with E-state index in [0.717, 1.165) is 0 Å². The number of hydrogen-bond donors (Lipinski definition) is 1. The van der Waals surface area contributed by atoms with Gasteiger partial charge in [0.05, 0.1) is 12.1 Å². The van der Waals surface area contributed by atoms with Crippen LogP contribution in [0.1, 0.15) is 24.4 Å². The lowest BCUT2D eigenvalue weighted by Gasteiger charge is -2.27. The lowest BCUT2D eigenvalue weighted by Crippen LogP contribution is -2.32. The van der Waals surface area contributed by atoms with E-state index >= 15 is 0 Å². The van der Waals surface area contributed by atoms with Crippen LogP contribution in [0.25, 0.3) is 10.8 Å². The summed E-state index contributed by atoms with van der Waals surface area (Å²) in [4.78, 5) is 4.27. The normalized spacial score (nSPS) is 18.4. The van der Waals surface area contributed by atoms with Crippen molar-refractivity contribution in [3.8, 4) is 0 Å². The smallest absolute Gasteiger partial charge is 0.0794 e. The Morgan fingerprint density at radius 3 is 2.84 bits per heavy atom. The fraction of sp³-hybridized carbons (Fsp3) is 0.438. The summed E-state index contributed by atoms with van der Waals surface area (Å²) < 4.78 is 5.75. The van der Waals surface area contributed by atoms with E-state index in [0.29, 0.717) is 5.92 Å². The first-order valence-electron chi connectivity index (χ1n) is 6.88. The number of nitrogens with one attached hydrogen (secondary N) is 1. The minimum atomic E-state index is 0.227. The van der Waals surface area contributed by atoms with E-state index in [1.807, 2.05) is 26.6 Å². The lowest BCUT2D eigenvalue weighted by atomic mass is 9.94. The quantitative estimate of drug-likeness (QED) is 0.893. The van der Waals surface area contributed by atoms with Gasteiger partial charge in [-0.15, -0.1) is 0 Å². The number of nitrogens with zero attached hydrogens (tertiary/aromatic N) is 1. The highest BCUT2D eigenvalue weighted by molar-refractivity contribution is 5.85. The maximum Gasteiger partial charge on any atom is 0.0794 e. The van der Waals surface area contributed by atoms with E-state index < -0.39 is 0 Å². The van der Waals surface area contributed by atoms with Gasteiger partial charge in [0.25, 0.3) is 0 Å². The van der Waals surface area contributed by atoms with E-state index in [-0.39, 0.29) is 12.1 Å². The topological polar surface area (TPSA) is 34.2 Å². The second-order valence-corrected chi connectivity index (χ2v) is 5.25. The molecule has 1 aromatic heterocycles. The Hall–Kier alpha value is -1.45. The predicted octanol–water partition coefficient (Wildman–Crippen LogP) is 2.92. The molecule has 3 heteroatoms. The van der Waals surface area contributed by atoms with Crippen LogP contribution in [-0.2, 0) is 4.74 Å². The monoisotopic (exact) mass is 256 g/mol. The van der Waals surface area contributed by atoms with Crippen molar-refractivity contribution in [2.75, 3.05) is 14.2 Å². The standard InChI is InChI=1S/C16H20N2O/c1-17-15(16(19-2)12-6-7-12)13-5-3-4-11-8-9-18-10-14(11)13/h3-5,8-10,12,15-17H,6-7H2,1-2H3. The number of ether oxygens (including phenoxy) is 1. The second-order valence-electron chi connectivity index (χ2n) is 5.25. The number of fused-ring (bicyclic) bond motifs is 1. The number of likely N-dealkylation sites (N-methyl/N-ethyl adjacent to an activating group) is 1. The summed E-state index contributed by atoms with van der Waals surface area (Å²) in [6.45, 7) is 0. The zero-order valence-electron chi connectivity index (χ0n) is 11.5. The zero-order chi connectivity index (χ0) is 13.2. The summed E-state index contributed by atoms with van der Waals surface area (Å²) in [5.74, 6) is 0.689. The van der Waals surface area contributed by atoms with Crippen molar-refractivity contribution in [1.82, 2.24) is 10.3 Å². The lowest BCUT2D eigenvalue weighted by molar-refractivity contribution is 0.0534.